The van der Waals surface area contributed by atoms with Crippen LogP contribution in [0.25, 0.3) is 0 Å². The van der Waals surface area contributed by atoms with Gasteiger partial charge in [0.25, 0.3) is 0 Å². The molecule has 312 valence electrons. The van der Waals surface area contributed by atoms with Gasteiger partial charge in [0, 0.05) is 26.3 Å². The Labute approximate surface area is 339 Å². The predicted molar refractivity (Wildman–Crippen MR) is 236 cm³/mol. The van der Waals surface area contributed by atoms with Gasteiger partial charge in [-0.25, -0.2) is 4.79 Å². The molecule has 5 nitrogen and oxygen atoms in total. The van der Waals surface area contributed by atoms with Crippen LogP contribution < -0.4 is 0 Å². The van der Waals surface area contributed by atoms with Crippen LogP contribution >= 0.6 is 0 Å². The highest BCUT2D eigenvalue weighted by molar-refractivity contribution is 5.67. The van der Waals surface area contributed by atoms with Gasteiger partial charge < -0.3 is 19.1 Å². The molecule has 1 aromatic rings. The number of hydrogen-bond acceptors (Lipinski definition) is 4. The predicted octanol–water partition coefficient (Wildman–Crippen LogP) is 14.8. The third-order valence-electron chi connectivity index (χ3n) is 10.8. The average Bonchev–Trinajstić information content (AvgIpc) is 3.61. The number of ether oxygens (including phenoxy) is 3. The van der Waals surface area contributed by atoms with Crippen molar-refractivity contribution in [2.75, 3.05) is 20.3 Å². The molecule has 1 amide bonds. The number of carbonyl (C=O) groups is 1. The van der Waals surface area contributed by atoms with Crippen LogP contribution in [0.4, 0.5) is 4.79 Å². The van der Waals surface area contributed by atoms with E-state index in [0.29, 0.717) is 0 Å². The van der Waals surface area contributed by atoms with Gasteiger partial charge in [-0.1, -0.05) is 170 Å². The van der Waals surface area contributed by atoms with Gasteiger partial charge in [-0.3, -0.25) is 0 Å². The van der Waals surface area contributed by atoms with Gasteiger partial charge in [0.1, 0.15) is 6.61 Å². The molecule has 1 aliphatic rings. The molecule has 1 saturated carbocycles. The van der Waals surface area contributed by atoms with E-state index >= 15 is 0 Å². The second-order valence-corrected chi connectivity index (χ2v) is 15.8. The summed E-state index contributed by atoms with van der Waals surface area (Å²) in [6.45, 7) is 6.33. The topological polar surface area (TPSA) is 48.0 Å². The van der Waals surface area contributed by atoms with E-state index in [0.717, 1.165) is 57.3 Å². The number of benzene rings is 1. The fourth-order valence-electron chi connectivity index (χ4n) is 7.22. The SMILES string of the molecule is CCCCC/C=C\C/C=C\CCCCCCCCO[C@H]1C[C@H](N(C)C(=O)OCc2ccccc2)C[C@H]1OCCCCCCCC/C=C\C/C=C\CCCCC. The quantitative estimate of drug-likeness (QED) is 0.0510. The van der Waals surface area contributed by atoms with E-state index in [1.54, 1.807) is 4.90 Å². The van der Waals surface area contributed by atoms with Crippen LogP contribution in [0.5, 0.6) is 0 Å². The van der Waals surface area contributed by atoms with Gasteiger partial charge in [0.05, 0.1) is 12.2 Å². The Bertz CT molecular complexity index is 1070. The van der Waals surface area contributed by atoms with Gasteiger partial charge in [0.15, 0.2) is 0 Å². The molecule has 0 spiro atoms. The Balaban J connectivity index is 1.62. The van der Waals surface area contributed by atoms with E-state index in [4.69, 9.17) is 14.2 Å². The zero-order valence-electron chi connectivity index (χ0n) is 35.8. The molecule has 0 bridgehead atoms. The summed E-state index contributed by atoms with van der Waals surface area (Å²) in [5.41, 5.74) is 1.000. The highest BCUT2D eigenvalue weighted by Gasteiger charge is 2.39. The van der Waals surface area contributed by atoms with Gasteiger partial charge in [-0.15, -0.1) is 0 Å². The minimum Gasteiger partial charge on any atom is -0.445 e. The van der Waals surface area contributed by atoms with Crippen molar-refractivity contribution >= 4 is 6.09 Å². The van der Waals surface area contributed by atoms with E-state index in [9.17, 15) is 4.79 Å². The lowest BCUT2D eigenvalue weighted by Crippen LogP contribution is -2.36. The van der Waals surface area contributed by atoms with Crippen LogP contribution in [0, 0.1) is 0 Å². The molecule has 0 unspecified atom stereocenters. The second kappa shape index (κ2) is 35.8. The lowest BCUT2D eigenvalue weighted by Gasteiger charge is -2.24. The van der Waals surface area contributed by atoms with Crippen molar-refractivity contribution in [2.24, 2.45) is 0 Å². The van der Waals surface area contributed by atoms with E-state index < -0.39 is 0 Å². The zero-order chi connectivity index (χ0) is 39.3. The fourth-order valence-corrected chi connectivity index (χ4v) is 7.22. The Morgan fingerprint density at radius 1 is 0.564 bits per heavy atom. The van der Waals surface area contributed by atoms with Crippen LogP contribution in [0.1, 0.15) is 186 Å². The smallest absolute Gasteiger partial charge is 0.410 e. The molecular weight excluding hydrogens is 679 g/mol. The molecule has 0 heterocycles. The first-order valence-electron chi connectivity index (χ1n) is 22.9. The van der Waals surface area contributed by atoms with Gasteiger partial charge in [0.2, 0.25) is 0 Å². The van der Waals surface area contributed by atoms with Crippen molar-refractivity contribution in [3.8, 4) is 0 Å². The minimum absolute atomic E-state index is 0.0250. The average molecular weight is 762 g/mol. The lowest BCUT2D eigenvalue weighted by molar-refractivity contribution is -0.0578. The first-order valence-corrected chi connectivity index (χ1v) is 22.9. The maximum Gasteiger partial charge on any atom is 0.410 e. The Morgan fingerprint density at radius 2 is 0.964 bits per heavy atom. The van der Waals surface area contributed by atoms with E-state index in [1.807, 2.05) is 37.4 Å². The Hall–Kier alpha value is -2.63. The minimum atomic E-state index is -0.275. The van der Waals surface area contributed by atoms with Crippen molar-refractivity contribution in [3.63, 3.8) is 0 Å². The summed E-state index contributed by atoms with van der Waals surface area (Å²) >= 11 is 0. The van der Waals surface area contributed by atoms with E-state index in [-0.39, 0.29) is 30.9 Å². The number of allylic oxidation sites excluding steroid dienone is 8. The second-order valence-electron chi connectivity index (χ2n) is 15.8. The number of carbonyl (C=O) groups excluding carboxylic acids is 1. The van der Waals surface area contributed by atoms with Gasteiger partial charge in [-0.05, 0) is 95.5 Å². The molecule has 0 aliphatic heterocycles. The standard InChI is InChI=1S/C50H83NO4/c1-4-6-8-10-12-14-16-18-20-22-24-26-28-30-32-37-41-53-48-43-47(51(3)50(52)55-45-46-39-35-34-36-40-46)44-49(48)54-42-38-33-31-29-27-25-23-21-19-17-15-13-11-9-7-5-2/h12-15,18-21,34-36,39-40,47-49H,4-11,16-17,22-33,37-38,41-45H2,1-3H3/b14-12-,15-13-,20-18-,21-19-/t47-,48-,49+. The number of amides is 1. The fraction of sp³-hybridized carbons (Fsp3) is 0.700. The molecule has 0 saturated heterocycles. The number of unbranched alkanes of at least 4 members (excludes halogenated alkanes) is 18. The molecule has 1 aliphatic carbocycles. The maximum absolute atomic E-state index is 13.0. The molecule has 55 heavy (non-hydrogen) atoms. The lowest BCUT2D eigenvalue weighted by atomic mass is 10.1. The normalized spacial score (nSPS) is 17.5. The molecular formula is C50H83NO4. The summed E-state index contributed by atoms with van der Waals surface area (Å²) in [6, 6.07) is 9.95. The first-order chi connectivity index (χ1) is 27.2. The van der Waals surface area contributed by atoms with Crippen LogP contribution in [-0.2, 0) is 20.8 Å². The van der Waals surface area contributed by atoms with Crippen LogP contribution in [0.15, 0.2) is 78.9 Å². The van der Waals surface area contributed by atoms with E-state index in [2.05, 4.69) is 62.5 Å². The Morgan fingerprint density at radius 3 is 1.40 bits per heavy atom. The van der Waals surface area contributed by atoms with Crippen molar-refractivity contribution in [1.82, 2.24) is 4.90 Å². The molecule has 0 N–H and O–H groups in total. The highest BCUT2D eigenvalue weighted by atomic mass is 16.6. The third kappa shape index (κ3) is 26.8. The van der Waals surface area contributed by atoms with Crippen molar-refractivity contribution in [3.05, 3.63) is 84.5 Å². The van der Waals surface area contributed by atoms with Crippen LogP contribution in [0.3, 0.4) is 0 Å². The first kappa shape index (κ1) is 48.5. The Kier molecular flexibility index (Phi) is 31.5. The summed E-state index contributed by atoms with van der Waals surface area (Å²) in [7, 11) is 1.86. The number of hydrogen-bond donors (Lipinski definition) is 0. The molecule has 0 aromatic heterocycles. The summed E-state index contributed by atoms with van der Waals surface area (Å²) in [6.07, 6.45) is 49.8. The molecule has 0 radical (unpaired) electrons. The van der Waals surface area contributed by atoms with Gasteiger partial charge >= 0.3 is 6.09 Å². The molecule has 2 rings (SSSR count). The molecule has 1 fully saturated rings. The summed E-state index contributed by atoms with van der Waals surface area (Å²) < 4.78 is 18.6. The van der Waals surface area contributed by atoms with Crippen LogP contribution in [-0.4, -0.2) is 49.5 Å². The van der Waals surface area contributed by atoms with Crippen LogP contribution in [0.2, 0.25) is 0 Å². The highest BCUT2D eigenvalue weighted by Crippen LogP contribution is 2.30. The van der Waals surface area contributed by atoms with Gasteiger partial charge in [-0.2, -0.15) is 0 Å². The molecule has 5 heteroatoms. The van der Waals surface area contributed by atoms with E-state index in [1.165, 1.54) is 128 Å². The third-order valence-corrected chi connectivity index (χ3v) is 10.8. The number of rotatable bonds is 35. The maximum atomic E-state index is 13.0. The zero-order valence-corrected chi connectivity index (χ0v) is 35.8. The van der Waals surface area contributed by atoms with Crippen molar-refractivity contribution in [1.29, 1.82) is 0 Å². The van der Waals surface area contributed by atoms with Crippen molar-refractivity contribution in [2.45, 2.75) is 206 Å². The number of nitrogens with zero attached hydrogens (tertiary/aromatic N) is 1. The summed E-state index contributed by atoms with van der Waals surface area (Å²) in [5, 5.41) is 0. The monoisotopic (exact) mass is 762 g/mol. The summed E-state index contributed by atoms with van der Waals surface area (Å²) in [4.78, 5) is 14.7. The van der Waals surface area contributed by atoms with Crippen molar-refractivity contribution < 1.29 is 19.0 Å². The summed E-state index contributed by atoms with van der Waals surface area (Å²) in [5.74, 6) is 0. The molecule has 3 atom stereocenters. The molecule has 1 aromatic carbocycles. The largest absolute Gasteiger partial charge is 0.445 e.